The summed E-state index contributed by atoms with van der Waals surface area (Å²) in [4.78, 5) is 0. The molecule has 2 aliphatic heterocycles. The van der Waals surface area contributed by atoms with Crippen LogP contribution in [-0.2, 0) is 4.74 Å². The van der Waals surface area contributed by atoms with Crippen LogP contribution in [0.5, 0.6) is 11.5 Å². The Hall–Kier alpha value is -1.22. The SMILES string of the molecule is COc1ccc(OC)c2c1C1CCC2O1. The second-order valence-corrected chi connectivity index (χ2v) is 3.99. The highest BCUT2D eigenvalue weighted by molar-refractivity contribution is 5.54. The number of fused-ring (bicyclic) bond motifs is 5. The van der Waals surface area contributed by atoms with E-state index in [1.54, 1.807) is 14.2 Å². The molecule has 0 aliphatic carbocycles. The minimum absolute atomic E-state index is 0.218. The predicted octanol–water partition coefficient (Wildman–Crippen LogP) is 2.61. The van der Waals surface area contributed by atoms with Crippen molar-refractivity contribution in [2.75, 3.05) is 14.2 Å². The van der Waals surface area contributed by atoms with Crippen LogP contribution in [0.2, 0.25) is 0 Å². The molecule has 2 atom stereocenters. The minimum atomic E-state index is 0.218. The Morgan fingerprint density at radius 1 is 1.00 bits per heavy atom. The molecule has 3 nitrogen and oxygen atoms in total. The van der Waals surface area contributed by atoms with Gasteiger partial charge < -0.3 is 14.2 Å². The van der Waals surface area contributed by atoms with Gasteiger partial charge in [-0.2, -0.15) is 0 Å². The van der Waals surface area contributed by atoms with E-state index in [-0.39, 0.29) is 12.2 Å². The van der Waals surface area contributed by atoms with E-state index >= 15 is 0 Å². The Labute approximate surface area is 89.0 Å². The van der Waals surface area contributed by atoms with Gasteiger partial charge in [-0.05, 0) is 25.0 Å². The predicted molar refractivity (Wildman–Crippen MR) is 55.3 cm³/mol. The maximum atomic E-state index is 5.87. The maximum absolute atomic E-state index is 5.87. The topological polar surface area (TPSA) is 27.7 Å². The Kier molecular flexibility index (Phi) is 1.89. The summed E-state index contributed by atoms with van der Waals surface area (Å²) in [6.45, 7) is 0. The van der Waals surface area contributed by atoms with Crippen LogP contribution < -0.4 is 9.47 Å². The summed E-state index contributed by atoms with van der Waals surface area (Å²) in [7, 11) is 3.40. The fourth-order valence-corrected chi connectivity index (χ4v) is 2.68. The normalized spacial score (nSPS) is 26.5. The Balaban J connectivity index is 2.21. The number of methoxy groups -OCH3 is 2. The Morgan fingerprint density at radius 3 is 1.87 bits per heavy atom. The summed E-state index contributed by atoms with van der Waals surface area (Å²) in [6.07, 6.45) is 2.63. The zero-order valence-electron chi connectivity index (χ0n) is 8.95. The van der Waals surface area contributed by atoms with Gasteiger partial charge in [-0.1, -0.05) is 0 Å². The smallest absolute Gasteiger partial charge is 0.125 e. The minimum Gasteiger partial charge on any atom is -0.496 e. The summed E-state index contributed by atoms with van der Waals surface area (Å²) < 4.78 is 16.6. The van der Waals surface area contributed by atoms with E-state index in [1.807, 2.05) is 12.1 Å². The van der Waals surface area contributed by atoms with Crippen molar-refractivity contribution in [3.05, 3.63) is 23.3 Å². The summed E-state index contributed by atoms with van der Waals surface area (Å²) in [5.74, 6) is 1.86. The van der Waals surface area contributed by atoms with E-state index in [0.717, 1.165) is 24.3 Å². The van der Waals surface area contributed by atoms with Crippen molar-refractivity contribution in [1.29, 1.82) is 0 Å². The van der Waals surface area contributed by atoms with Gasteiger partial charge in [0, 0.05) is 11.1 Å². The third kappa shape index (κ3) is 1.10. The molecule has 3 heteroatoms. The van der Waals surface area contributed by atoms with Crippen LogP contribution in [0.25, 0.3) is 0 Å². The molecule has 1 aromatic rings. The molecule has 3 rings (SSSR count). The van der Waals surface area contributed by atoms with Gasteiger partial charge in [-0.3, -0.25) is 0 Å². The van der Waals surface area contributed by atoms with E-state index < -0.39 is 0 Å². The fraction of sp³-hybridized carbons (Fsp3) is 0.500. The first-order valence-electron chi connectivity index (χ1n) is 5.25. The van der Waals surface area contributed by atoms with Crippen molar-refractivity contribution in [2.45, 2.75) is 25.0 Å². The molecule has 1 saturated heterocycles. The molecule has 0 radical (unpaired) electrons. The molecule has 1 fully saturated rings. The number of hydrogen-bond acceptors (Lipinski definition) is 3. The molecule has 2 aliphatic rings. The first kappa shape index (κ1) is 9.04. The van der Waals surface area contributed by atoms with Crippen LogP contribution in [0.1, 0.15) is 36.2 Å². The van der Waals surface area contributed by atoms with Gasteiger partial charge >= 0.3 is 0 Å². The molecule has 2 bridgehead atoms. The number of hydrogen-bond donors (Lipinski definition) is 0. The molecular formula is C12H14O3. The van der Waals surface area contributed by atoms with Crippen molar-refractivity contribution in [3.63, 3.8) is 0 Å². The zero-order valence-corrected chi connectivity index (χ0v) is 8.95. The molecule has 0 saturated carbocycles. The molecule has 0 aromatic heterocycles. The Morgan fingerprint density at radius 2 is 1.47 bits per heavy atom. The first-order valence-corrected chi connectivity index (χ1v) is 5.25. The lowest BCUT2D eigenvalue weighted by molar-refractivity contribution is 0.0701. The van der Waals surface area contributed by atoms with E-state index in [0.29, 0.717) is 0 Å². The van der Waals surface area contributed by atoms with Crippen molar-refractivity contribution in [1.82, 2.24) is 0 Å². The van der Waals surface area contributed by atoms with Gasteiger partial charge in [0.2, 0.25) is 0 Å². The maximum Gasteiger partial charge on any atom is 0.125 e. The number of benzene rings is 1. The average Bonchev–Trinajstić information content (AvgIpc) is 2.88. The van der Waals surface area contributed by atoms with Gasteiger partial charge in [0.05, 0.1) is 26.4 Å². The summed E-state index contributed by atoms with van der Waals surface area (Å²) in [6, 6.07) is 3.92. The molecule has 2 unspecified atom stereocenters. The second-order valence-electron chi connectivity index (χ2n) is 3.99. The standard InChI is InChI=1S/C12H14O3/c1-13-7-3-4-8(14-2)12-10-6-5-9(15-10)11(7)12/h3-4,9-10H,5-6H2,1-2H3. The summed E-state index contributed by atoms with van der Waals surface area (Å²) in [5, 5.41) is 0. The van der Waals surface area contributed by atoms with Gasteiger partial charge in [0.1, 0.15) is 11.5 Å². The summed E-state index contributed by atoms with van der Waals surface area (Å²) >= 11 is 0. The van der Waals surface area contributed by atoms with Crippen molar-refractivity contribution < 1.29 is 14.2 Å². The molecule has 2 heterocycles. The molecule has 15 heavy (non-hydrogen) atoms. The highest BCUT2D eigenvalue weighted by atomic mass is 16.5. The average molecular weight is 206 g/mol. The monoisotopic (exact) mass is 206 g/mol. The molecule has 0 N–H and O–H groups in total. The van der Waals surface area contributed by atoms with E-state index in [4.69, 9.17) is 14.2 Å². The number of ether oxygens (including phenoxy) is 3. The van der Waals surface area contributed by atoms with Crippen LogP contribution >= 0.6 is 0 Å². The van der Waals surface area contributed by atoms with Crippen molar-refractivity contribution >= 4 is 0 Å². The van der Waals surface area contributed by atoms with E-state index in [9.17, 15) is 0 Å². The fourth-order valence-electron chi connectivity index (χ4n) is 2.68. The lowest BCUT2D eigenvalue weighted by atomic mass is 9.90. The first-order chi connectivity index (χ1) is 7.35. The zero-order chi connectivity index (χ0) is 10.4. The van der Waals surface area contributed by atoms with Gasteiger partial charge in [-0.25, -0.2) is 0 Å². The quantitative estimate of drug-likeness (QED) is 0.744. The second kappa shape index (κ2) is 3.14. The van der Waals surface area contributed by atoms with Gasteiger partial charge in [0.15, 0.2) is 0 Å². The third-order valence-corrected chi connectivity index (χ3v) is 3.31. The van der Waals surface area contributed by atoms with Crippen LogP contribution in [0.3, 0.4) is 0 Å². The van der Waals surface area contributed by atoms with Gasteiger partial charge in [0.25, 0.3) is 0 Å². The molecular weight excluding hydrogens is 192 g/mol. The lowest BCUT2D eigenvalue weighted by Gasteiger charge is -2.17. The van der Waals surface area contributed by atoms with Crippen molar-refractivity contribution in [3.8, 4) is 11.5 Å². The lowest BCUT2D eigenvalue weighted by Crippen LogP contribution is -2.03. The third-order valence-electron chi connectivity index (χ3n) is 3.31. The van der Waals surface area contributed by atoms with Crippen LogP contribution in [0.4, 0.5) is 0 Å². The van der Waals surface area contributed by atoms with E-state index in [2.05, 4.69) is 0 Å². The highest BCUT2D eigenvalue weighted by Crippen LogP contribution is 2.56. The van der Waals surface area contributed by atoms with Crippen LogP contribution in [0.15, 0.2) is 12.1 Å². The molecule has 0 spiro atoms. The molecule has 0 amide bonds. The molecule has 1 aromatic carbocycles. The van der Waals surface area contributed by atoms with Crippen LogP contribution in [-0.4, -0.2) is 14.2 Å². The van der Waals surface area contributed by atoms with E-state index in [1.165, 1.54) is 11.1 Å². The van der Waals surface area contributed by atoms with Crippen molar-refractivity contribution in [2.24, 2.45) is 0 Å². The largest absolute Gasteiger partial charge is 0.496 e. The van der Waals surface area contributed by atoms with Gasteiger partial charge in [-0.15, -0.1) is 0 Å². The Bertz CT molecular complexity index is 363. The highest BCUT2D eigenvalue weighted by Gasteiger charge is 2.42. The summed E-state index contributed by atoms with van der Waals surface area (Å²) in [5.41, 5.74) is 2.40. The molecule has 80 valence electrons. The van der Waals surface area contributed by atoms with Crippen LogP contribution in [0, 0.1) is 0 Å². The number of rotatable bonds is 2.